The van der Waals surface area contributed by atoms with Crippen LogP contribution < -0.4 is 11.5 Å². The van der Waals surface area contributed by atoms with Gasteiger partial charge in [0.05, 0.1) is 0 Å². The molecule has 5 N–H and O–H groups in total. The van der Waals surface area contributed by atoms with Crippen LogP contribution in [0.1, 0.15) is 13.3 Å². The van der Waals surface area contributed by atoms with Crippen LogP contribution in [-0.2, 0) is 0 Å². The minimum atomic E-state index is -0.200. The van der Waals surface area contributed by atoms with Gasteiger partial charge in [-0.1, -0.05) is 6.92 Å². The van der Waals surface area contributed by atoms with Crippen LogP contribution in [0.25, 0.3) is 0 Å². The fraction of sp³-hybridized carbons (Fsp3) is 0.333. The summed E-state index contributed by atoms with van der Waals surface area (Å²) in [6, 6.07) is 0. The van der Waals surface area contributed by atoms with Crippen LogP contribution in [0, 0.1) is 0 Å². The molecule has 0 heterocycles. The lowest BCUT2D eigenvalue weighted by atomic mass is 10.2. The molecular weight excluding hydrogens is 116 g/mol. The van der Waals surface area contributed by atoms with Gasteiger partial charge in [-0.3, -0.25) is 0 Å². The Morgan fingerprint density at radius 1 is 1.67 bits per heavy atom. The Labute approximate surface area is 54.7 Å². The highest BCUT2D eigenvalue weighted by Gasteiger charge is 1.87. The van der Waals surface area contributed by atoms with Crippen LogP contribution in [0.3, 0.4) is 0 Å². The van der Waals surface area contributed by atoms with Crippen LogP contribution in [0.2, 0.25) is 0 Å². The molecule has 0 aromatic heterocycles. The first kappa shape index (κ1) is 7.88. The highest BCUT2D eigenvalue weighted by Crippen LogP contribution is 1.99. The fourth-order valence-corrected chi connectivity index (χ4v) is 0.458. The van der Waals surface area contributed by atoms with Gasteiger partial charge in [0.2, 0.25) is 0 Å². The summed E-state index contributed by atoms with van der Waals surface area (Å²) in [6.45, 7) is 1.93. The van der Waals surface area contributed by atoms with Crippen LogP contribution in [0.5, 0.6) is 0 Å². The quantitative estimate of drug-likeness (QED) is 0.376. The van der Waals surface area contributed by atoms with E-state index in [0.717, 1.165) is 12.0 Å². The summed E-state index contributed by atoms with van der Waals surface area (Å²) in [4.78, 5) is 0. The summed E-state index contributed by atoms with van der Waals surface area (Å²) in [7, 11) is 0. The average molecular weight is 128 g/mol. The Bertz CT molecular complexity index is 134. The van der Waals surface area contributed by atoms with Gasteiger partial charge in [-0.15, -0.1) is 0 Å². The summed E-state index contributed by atoms with van der Waals surface area (Å²) in [5.74, 6) is -0.200. The molecule has 0 aromatic carbocycles. The van der Waals surface area contributed by atoms with Gasteiger partial charge in [-0.25, -0.2) is 0 Å². The molecule has 0 aliphatic rings. The maximum atomic E-state index is 8.53. The summed E-state index contributed by atoms with van der Waals surface area (Å²) in [5.41, 5.74) is 11.0. The minimum Gasteiger partial charge on any atom is -0.495 e. The van der Waals surface area contributed by atoms with Gasteiger partial charge in [0, 0.05) is 6.08 Å². The van der Waals surface area contributed by atoms with E-state index in [2.05, 4.69) is 0 Å². The number of rotatable bonds is 2. The first-order valence-electron chi connectivity index (χ1n) is 2.77. The molecule has 0 aliphatic carbocycles. The van der Waals surface area contributed by atoms with Crippen LogP contribution in [-0.4, -0.2) is 5.11 Å². The smallest absolute Gasteiger partial charge is 0.181 e. The van der Waals surface area contributed by atoms with E-state index in [1.54, 1.807) is 0 Å². The Morgan fingerprint density at radius 2 is 2.22 bits per heavy atom. The van der Waals surface area contributed by atoms with Crippen molar-refractivity contribution in [1.29, 1.82) is 0 Å². The SMILES string of the molecule is CCC(=C/N)/C=C(\N)O. The molecule has 0 amide bonds. The van der Waals surface area contributed by atoms with E-state index in [1.807, 2.05) is 6.92 Å². The van der Waals surface area contributed by atoms with Crippen molar-refractivity contribution in [2.75, 3.05) is 0 Å². The van der Waals surface area contributed by atoms with E-state index >= 15 is 0 Å². The van der Waals surface area contributed by atoms with Crippen LogP contribution in [0.4, 0.5) is 0 Å². The summed E-state index contributed by atoms with van der Waals surface area (Å²) >= 11 is 0. The van der Waals surface area contributed by atoms with Crippen molar-refractivity contribution in [2.24, 2.45) is 11.5 Å². The normalized spacial score (nSPS) is 13.9. The summed E-state index contributed by atoms with van der Waals surface area (Å²) in [5, 5.41) is 8.53. The van der Waals surface area contributed by atoms with E-state index in [-0.39, 0.29) is 5.88 Å². The third-order valence-electron chi connectivity index (χ3n) is 0.956. The molecule has 0 unspecified atom stereocenters. The molecule has 0 aliphatic heterocycles. The molecule has 0 fully saturated rings. The summed E-state index contributed by atoms with van der Waals surface area (Å²) in [6.07, 6.45) is 3.63. The molecule has 0 bridgehead atoms. The molecule has 0 radical (unpaired) electrons. The van der Waals surface area contributed by atoms with Crippen LogP contribution in [0.15, 0.2) is 23.7 Å². The monoisotopic (exact) mass is 128 g/mol. The second-order valence-corrected chi connectivity index (χ2v) is 1.66. The molecule has 0 saturated heterocycles. The maximum absolute atomic E-state index is 8.53. The van der Waals surface area contributed by atoms with E-state index in [1.165, 1.54) is 12.3 Å². The van der Waals surface area contributed by atoms with Crippen LogP contribution >= 0.6 is 0 Å². The first-order valence-corrected chi connectivity index (χ1v) is 2.77. The van der Waals surface area contributed by atoms with Gasteiger partial charge in [-0.2, -0.15) is 0 Å². The topological polar surface area (TPSA) is 72.3 Å². The number of aliphatic hydroxyl groups is 1. The average Bonchev–Trinajstić information content (AvgIpc) is 1.82. The first-order chi connectivity index (χ1) is 4.20. The zero-order chi connectivity index (χ0) is 7.28. The Kier molecular flexibility index (Phi) is 3.35. The van der Waals surface area contributed by atoms with E-state index < -0.39 is 0 Å². The summed E-state index contributed by atoms with van der Waals surface area (Å²) < 4.78 is 0. The number of aliphatic hydroxyl groups excluding tert-OH is 1. The van der Waals surface area contributed by atoms with Crippen molar-refractivity contribution < 1.29 is 5.11 Å². The fourth-order valence-electron chi connectivity index (χ4n) is 0.458. The van der Waals surface area contributed by atoms with Gasteiger partial charge in [0.25, 0.3) is 0 Å². The van der Waals surface area contributed by atoms with Crippen molar-refractivity contribution >= 4 is 0 Å². The molecule has 3 nitrogen and oxygen atoms in total. The number of nitrogens with two attached hydrogens (primary N) is 2. The highest BCUT2D eigenvalue weighted by atomic mass is 16.3. The predicted octanol–water partition coefficient (Wildman–Crippen LogP) is 0.597. The molecule has 0 atom stereocenters. The Morgan fingerprint density at radius 3 is 2.33 bits per heavy atom. The van der Waals surface area contributed by atoms with Crippen molar-refractivity contribution in [1.82, 2.24) is 0 Å². The lowest BCUT2D eigenvalue weighted by Crippen LogP contribution is -1.95. The van der Waals surface area contributed by atoms with Gasteiger partial charge in [-0.05, 0) is 18.2 Å². The lowest BCUT2D eigenvalue weighted by Gasteiger charge is -1.93. The van der Waals surface area contributed by atoms with Crippen molar-refractivity contribution in [3.8, 4) is 0 Å². The van der Waals surface area contributed by atoms with E-state index in [9.17, 15) is 0 Å². The standard InChI is InChI=1S/C6H12N2O/c1-2-5(4-7)3-6(8)9/h3-4,9H,2,7-8H2,1H3/b5-4-,6-3+. The van der Waals surface area contributed by atoms with Crippen molar-refractivity contribution in [3.05, 3.63) is 23.7 Å². The molecule has 0 rings (SSSR count). The van der Waals surface area contributed by atoms with E-state index in [0.29, 0.717) is 0 Å². The molecule has 0 spiro atoms. The van der Waals surface area contributed by atoms with Gasteiger partial charge in [0.1, 0.15) is 0 Å². The molecule has 52 valence electrons. The highest BCUT2D eigenvalue weighted by molar-refractivity contribution is 5.17. The second kappa shape index (κ2) is 3.83. The minimum absolute atomic E-state index is 0.200. The third kappa shape index (κ3) is 3.46. The zero-order valence-electron chi connectivity index (χ0n) is 5.46. The van der Waals surface area contributed by atoms with E-state index in [4.69, 9.17) is 16.6 Å². The molecule has 0 aromatic rings. The Balaban J connectivity index is 4.01. The number of allylic oxidation sites excluding steroid dienone is 2. The Hall–Kier alpha value is -1.12. The molecule has 9 heavy (non-hydrogen) atoms. The second-order valence-electron chi connectivity index (χ2n) is 1.66. The number of hydrogen-bond donors (Lipinski definition) is 3. The maximum Gasteiger partial charge on any atom is 0.181 e. The lowest BCUT2D eigenvalue weighted by molar-refractivity contribution is 0.405. The number of hydrogen-bond acceptors (Lipinski definition) is 3. The third-order valence-corrected chi connectivity index (χ3v) is 0.956. The van der Waals surface area contributed by atoms with Gasteiger partial charge in [0.15, 0.2) is 5.88 Å². The van der Waals surface area contributed by atoms with Crippen molar-refractivity contribution in [2.45, 2.75) is 13.3 Å². The zero-order valence-corrected chi connectivity index (χ0v) is 5.46. The predicted molar refractivity (Wildman–Crippen MR) is 37.5 cm³/mol. The molecule has 0 saturated carbocycles. The molecule has 3 heteroatoms. The van der Waals surface area contributed by atoms with Gasteiger partial charge < -0.3 is 16.6 Å². The largest absolute Gasteiger partial charge is 0.495 e. The van der Waals surface area contributed by atoms with Gasteiger partial charge >= 0.3 is 0 Å². The molecular formula is C6H12N2O. The van der Waals surface area contributed by atoms with Crippen molar-refractivity contribution in [3.63, 3.8) is 0 Å².